The van der Waals surface area contributed by atoms with Gasteiger partial charge in [0.15, 0.2) is 6.04 Å². The number of nitrogen functional groups attached to an aromatic ring is 1. The zero-order chi connectivity index (χ0) is 20.8. The summed E-state index contributed by atoms with van der Waals surface area (Å²) in [5, 5.41) is 23.7. The summed E-state index contributed by atoms with van der Waals surface area (Å²) in [5.74, 6) is -0.0325. The fourth-order valence-electron chi connectivity index (χ4n) is 4.13. The molecule has 4 rings (SSSR count). The van der Waals surface area contributed by atoms with Crippen LogP contribution in [0.2, 0.25) is 0 Å². The summed E-state index contributed by atoms with van der Waals surface area (Å²) in [6, 6.07) is 15.5. The van der Waals surface area contributed by atoms with Gasteiger partial charge in [-0.1, -0.05) is 36.4 Å². The van der Waals surface area contributed by atoms with Crippen LogP contribution < -0.4 is 20.9 Å². The summed E-state index contributed by atoms with van der Waals surface area (Å²) in [5.41, 5.74) is 13.7. The summed E-state index contributed by atoms with van der Waals surface area (Å²) < 4.78 is 4.40. The first-order valence-corrected chi connectivity index (χ1v) is 9.25. The van der Waals surface area contributed by atoms with Gasteiger partial charge in [0.1, 0.15) is 23.8 Å². The third-order valence-corrected chi connectivity index (χ3v) is 5.63. The Morgan fingerprint density at radius 3 is 2.69 bits per heavy atom. The molecule has 2 atom stereocenters. The van der Waals surface area contributed by atoms with E-state index in [0.717, 1.165) is 27.6 Å². The first kappa shape index (κ1) is 18.9. The van der Waals surface area contributed by atoms with Crippen molar-refractivity contribution in [3.05, 3.63) is 76.5 Å². The number of hydrogen-bond acceptors (Lipinski definition) is 4. The Kier molecular flexibility index (Phi) is 4.49. The molecular weight excluding hydrogens is 368 g/mol. The van der Waals surface area contributed by atoms with Crippen LogP contribution in [-0.2, 0) is 17.8 Å². The van der Waals surface area contributed by atoms with E-state index in [4.69, 9.17) is 21.6 Å². The second-order valence-corrected chi connectivity index (χ2v) is 7.34. The van der Waals surface area contributed by atoms with E-state index < -0.39 is 16.6 Å². The van der Waals surface area contributed by atoms with Crippen molar-refractivity contribution >= 4 is 28.2 Å². The molecule has 0 fully saturated rings. The number of hydrogen-bond donors (Lipinski definition) is 3. The quantitative estimate of drug-likeness (QED) is 0.268. The number of nitrogens with two attached hydrogens (primary N) is 2. The fourth-order valence-corrected chi connectivity index (χ4v) is 4.13. The third-order valence-electron chi connectivity index (χ3n) is 5.63. The Hall–Kier alpha value is -3.42. The lowest BCUT2D eigenvalue weighted by Gasteiger charge is -2.43. The molecule has 148 valence electrons. The Labute approximate surface area is 168 Å². The molecule has 1 aliphatic heterocycles. The van der Waals surface area contributed by atoms with Crippen LogP contribution in [0.25, 0.3) is 10.8 Å². The van der Waals surface area contributed by atoms with Crippen LogP contribution in [0, 0.1) is 10.6 Å². The van der Waals surface area contributed by atoms with Crippen LogP contribution in [-0.4, -0.2) is 24.9 Å². The van der Waals surface area contributed by atoms with Crippen molar-refractivity contribution in [1.82, 2.24) is 4.65 Å². The monoisotopic (exact) mass is 390 g/mol. The lowest BCUT2D eigenvalue weighted by molar-refractivity contribution is -0.121. The van der Waals surface area contributed by atoms with Crippen molar-refractivity contribution in [1.29, 1.82) is 5.41 Å². The lowest BCUT2D eigenvalue weighted by atomic mass is 10.0. The van der Waals surface area contributed by atoms with Gasteiger partial charge in [-0.2, -0.15) is 0 Å². The number of fused-ring (bicyclic) bond motifs is 2. The van der Waals surface area contributed by atoms with Crippen molar-refractivity contribution in [2.24, 2.45) is 11.5 Å². The van der Waals surface area contributed by atoms with Crippen molar-refractivity contribution in [2.45, 2.75) is 19.0 Å². The van der Waals surface area contributed by atoms with Crippen LogP contribution in [0.15, 0.2) is 54.6 Å². The molecule has 1 aliphatic rings. The van der Waals surface area contributed by atoms with E-state index >= 15 is 0 Å². The lowest BCUT2D eigenvalue weighted by Crippen LogP contribution is -2.54. The number of amidine groups is 1. The maximum Gasteiger partial charge on any atom is 0.276 e. The Morgan fingerprint density at radius 2 is 2.00 bits per heavy atom. The maximum absolute atomic E-state index is 14.1. The highest BCUT2D eigenvalue weighted by atomic mass is 16.6. The van der Waals surface area contributed by atoms with E-state index in [-0.39, 0.29) is 18.8 Å². The predicted molar refractivity (Wildman–Crippen MR) is 114 cm³/mol. The van der Waals surface area contributed by atoms with Gasteiger partial charge in [0.05, 0.1) is 7.11 Å². The van der Waals surface area contributed by atoms with E-state index in [1.54, 1.807) is 25.3 Å². The van der Waals surface area contributed by atoms with Gasteiger partial charge in [-0.25, -0.2) is 0 Å². The van der Waals surface area contributed by atoms with Crippen LogP contribution in [0.4, 0.5) is 5.69 Å². The zero-order valence-electron chi connectivity index (χ0n) is 16.0. The van der Waals surface area contributed by atoms with Crippen LogP contribution in [0.3, 0.4) is 0 Å². The van der Waals surface area contributed by atoms with Crippen LogP contribution >= 0.6 is 0 Å². The van der Waals surface area contributed by atoms with Crippen molar-refractivity contribution < 1.29 is 9.53 Å². The molecule has 1 heterocycles. The van der Waals surface area contributed by atoms with E-state index in [0.29, 0.717) is 11.3 Å². The summed E-state index contributed by atoms with van der Waals surface area (Å²) in [4.78, 5) is 12.2. The molecule has 5 N–H and O–H groups in total. The molecule has 7 nitrogen and oxygen atoms in total. The molecule has 7 heteroatoms. The largest absolute Gasteiger partial charge is 0.627 e. The third kappa shape index (κ3) is 3.10. The standard InChI is InChI=1S/C22H22N4O3/c1-29-17-7-8-18-13(9-17)3-2-4-16(18)12-26(28)19-11-15(21(23)24)6-5-14(19)10-20(26)22(25)27/h2-9,11,20H,10,12H2,1H3,(H3,23,24)(H2,25,27). The molecule has 0 bridgehead atoms. The minimum Gasteiger partial charge on any atom is -0.627 e. The summed E-state index contributed by atoms with van der Waals surface area (Å²) in [7, 11) is 1.61. The molecule has 2 unspecified atom stereocenters. The van der Waals surface area contributed by atoms with Gasteiger partial charge in [-0.15, -0.1) is 0 Å². The normalized spacial score (nSPS) is 20.4. The Morgan fingerprint density at radius 1 is 1.21 bits per heavy atom. The second-order valence-electron chi connectivity index (χ2n) is 7.34. The van der Waals surface area contributed by atoms with Crippen LogP contribution in [0.5, 0.6) is 5.75 Å². The highest BCUT2D eigenvalue weighted by Gasteiger charge is 2.44. The zero-order valence-corrected chi connectivity index (χ0v) is 16.0. The number of primary amides is 1. The molecule has 0 radical (unpaired) electrons. The fraction of sp³-hybridized carbons (Fsp3) is 0.182. The van der Waals surface area contributed by atoms with E-state index in [1.165, 1.54) is 0 Å². The van der Waals surface area contributed by atoms with Gasteiger partial charge in [-0.3, -0.25) is 10.2 Å². The smallest absolute Gasteiger partial charge is 0.276 e. The second kappa shape index (κ2) is 6.88. The molecule has 0 saturated heterocycles. The van der Waals surface area contributed by atoms with Gasteiger partial charge in [0.2, 0.25) is 0 Å². The number of methoxy groups -OCH3 is 1. The number of ether oxygens (including phenoxy) is 1. The Balaban J connectivity index is 1.85. The molecule has 29 heavy (non-hydrogen) atoms. The van der Waals surface area contributed by atoms with Gasteiger partial charge in [0, 0.05) is 29.2 Å². The molecule has 3 aromatic rings. The summed E-state index contributed by atoms with van der Waals surface area (Å²) in [6.45, 7) is 0.0473. The molecule has 0 saturated carbocycles. The van der Waals surface area contributed by atoms with E-state index in [9.17, 15) is 10.0 Å². The number of nitrogens with one attached hydrogen (secondary N) is 1. The number of benzene rings is 3. The molecule has 0 aliphatic carbocycles. The number of rotatable bonds is 5. The first-order chi connectivity index (χ1) is 13.8. The minimum atomic E-state index is -0.930. The van der Waals surface area contributed by atoms with Gasteiger partial charge >= 0.3 is 0 Å². The topological polar surface area (TPSA) is 125 Å². The van der Waals surface area contributed by atoms with E-state index in [2.05, 4.69) is 0 Å². The summed E-state index contributed by atoms with van der Waals surface area (Å²) in [6.07, 6.45) is 0.269. The average Bonchev–Trinajstić information content (AvgIpc) is 3.00. The number of carbonyl (C=O) groups is 1. The van der Waals surface area contributed by atoms with E-state index in [1.807, 2.05) is 36.4 Å². The average molecular weight is 390 g/mol. The molecule has 3 aromatic carbocycles. The van der Waals surface area contributed by atoms with Crippen molar-refractivity contribution in [3.8, 4) is 5.75 Å². The van der Waals surface area contributed by atoms with Gasteiger partial charge < -0.3 is 26.1 Å². The van der Waals surface area contributed by atoms with Gasteiger partial charge in [-0.05, 0) is 22.9 Å². The van der Waals surface area contributed by atoms with Gasteiger partial charge in [0.25, 0.3) is 5.91 Å². The maximum atomic E-state index is 14.1. The highest BCUT2D eigenvalue weighted by molar-refractivity contribution is 5.97. The SMILES string of the molecule is COc1ccc2c(C[N+]3([O-])c4cc(C(=N)N)ccc4CC3C(N)=O)cccc2c1. The number of hydroxylamine groups is 2. The number of carbonyl (C=O) groups excluding carboxylic acids is 1. The number of quaternary nitrogens is 1. The highest BCUT2D eigenvalue weighted by Crippen LogP contribution is 2.41. The predicted octanol–water partition coefficient (Wildman–Crippen LogP) is 2.55. The van der Waals surface area contributed by atoms with Crippen molar-refractivity contribution in [3.63, 3.8) is 0 Å². The molecule has 1 amide bonds. The number of nitrogens with zero attached hydrogens (tertiary/aromatic N) is 1. The molecule has 0 aromatic heterocycles. The minimum absolute atomic E-state index is 0.0473. The summed E-state index contributed by atoms with van der Waals surface area (Å²) >= 11 is 0. The van der Waals surface area contributed by atoms with Crippen molar-refractivity contribution in [2.75, 3.05) is 7.11 Å². The molecule has 0 spiro atoms. The van der Waals surface area contributed by atoms with Crippen LogP contribution in [0.1, 0.15) is 16.7 Å². The number of amides is 1. The first-order valence-electron chi connectivity index (χ1n) is 9.25. The molecular formula is C22H22N4O3. The Bertz CT molecular complexity index is 1140.